The molecule has 2 amide bonds. The van der Waals surface area contributed by atoms with Crippen LogP contribution in [0, 0.1) is 0 Å². The standard InChI is InChI=1S/C15H28N2O4S.C15H27NO4S.2ClH/c1-11(18)13(17-14(19)21-15(2,3)4)9-8-12(16-5)10-22(6,7)20;1-11(10-21(6,7)19)8-9-13(12(2)17)16-14(18)20-15(3,4)5;;/h13H,8-10H2,1-7H3;13H,1,8-10H2,2-7H3;2*1H. The predicted molar refractivity (Wildman–Crippen MR) is 178 cm³/mol. The minimum absolute atomic E-state index is 0. The van der Waals surface area contributed by atoms with Crippen LogP contribution in [0.5, 0.6) is 0 Å². The number of nitrogens with zero attached hydrogens (tertiary/aromatic N) is 1. The number of Topliss-reactive ketones (excluding diaryl/α,β-unsaturated/α-hetero) is 2. The van der Waals surface area contributed by atoms with E-state index in [1.165, 1.54) is 13.8 Å². The number of hydrogen-bond acceptors (Lipinski definition) is 9. The SMILES string of the molecule is C=C(CCC(NC(=O)OC(C)(C)C)C(C)=O)C[S+](C)(C)=O.CN=C(CCC(NC(=O)OC(C)(C)C)C(C)=O)C[S+](C)(C)=O.[Cl-].[Cl-]. The molecule has 0 heterocycles. The molecule has 266 valence electrons. The van der Waals surface area contributed by atoms with Gasteiger partial charge in [0.15, 0.2) is 11.6 Å². The Bertz CT molecular complexity index is 1100. The van der Waals surface area contributed by atoms with Crippen LogP contribution in [0.3, 0.4) is 0 Å². The number of amides is 2. The molecule has 2 atom stereocenters. The Morgan fingerprint density at radius 1 is 0.711 bits per heavy atom. The summed E-state index contributed by atoms with van der Waals surface area (Å²) in [5, 5.41) is 5.15. The van der Waals surface area contributed by atoms with E-state index in [2.05, 4.69) is 22.2 Å². The van der Waals surface area contributed by atoms with E-state index >= 15 is 0 Å². The fourth-order valence-electron chi connectivity index (χ4n) is 3.53. The first kappa shape index (κ1) is 50.0. The summed E-state index contributed by atoms with van der Waals surface area (Å²) in [5.41, 5.74) is 0.386. The second kappa shape index (κ2) is 21.9. The zero-order valence-electron chi connectivity index (χ0n) is 29.4. The molecule has 0 fully saturated rings. The molecule has 0 aromatic carbocycles. The molecule has 45 heavy (non-hydrogen) atoms. The van der Waals surface area contributed by atoms with Crippen molar-refractivity contribution in [3.63, 3.8) is 0 Å². The van der Waals surface area contributed by atoms with Gasteiger partial charge in [-0.2, -0.15) is 0 Å². The monoisotopic (exact) mass is 721 g/mol. The summed E-state index contributed by atoms with van der Waals surface area (Å²) in [4.78, 5) is 50.8. The smallest absolute Gasteiger partial charge is 0.408 e. The summed E-state index contributed by atoms with van der Waals surface area (Å²) in [6.07, 6.45) is 7.40. The normalized spacial score (nSPS) is 13.3. The topological polar surface area (TPSA) is 157 Å². The maximum Gasteiger partial charge on any atom is 0.408 e. The van der Waals surface area contributed by atoms with Gasteiger partial charge in [0, 0.05) is 7.05 Å². The molecule has 15 heteroatoms. The van der Waals surface area contributed by atoms with E-state index in [4.69, 9.17) is 9.47 Å². The van der Waals surface area contributed by atoms with Crippen molar-refractivity contribution in [2.24, 2.45) is 4.99 Å². The van der Waals surface area contributed by atoms with E-state index < -0.39 is 55.3 Å². The Hall–Kier alpha value is -1.83. The molecule has 11 nitrogen and oxygen atoms in total. The molecular formula is C30H57Cl2N3O8S2. The van der Waals surface area contributed by atoms with Gasteiger partial charge in [0.2, 0.25) is 0 Å². The van der Waals surface area contributed by atoms with Gasteiger partial charge in [-0.05, 0) is 86.6 Å². The second-order valence-corrected chi connectivity index (χ2v) is 19.7. The van der Waals surface area contributed by atoms with Crippen molar-refractivity contribution in [3.8, 4) is 0 Å². The Kier molecular flexibility index (Phi) is 24.3. The van der Waals surface area contributed by atoms with Gasteiger partial charge in [0.25, 0.3) is 0 Å². The number of aliphatic imine (C=N–C) groups is 1. The number of carbonyl (C=O) groups excluding carboxylic acids is 4. The van der Waals surface area contributed by atoms with E-state index in [-0.39, 0.29) is 36.4 Å². The number of nitrogens with one attached hydrogen (secondary N) is 2. The molecule has 0 aromatic rings. The summed E-state index contributed by atoms with van der Waals surface area (Å²) >= 11 is 0. The molecule has 0 aliphatic carbocycles. The van der Waals surface area contributed by atoms with Crippen LogP contribution in [0.15, 0.2) is 17.1 Å². The first-order chi connectivity index (χ1) is 19.1. The molecular weight excluding hydrogens is 665 g/mol. The van der Waals surface area contributed by atoms with Crippen LogP contribution in [0.2, 0.25) is 0 Å². The number of ketones is 2. The number of halogens is 2. The number of hydrogen-bond donors (Lipinski definition) is 2. The van der Waals surface area contributed by atoms with Crippen LogP contribution in [0.25, 0.3) is 0 Å². The first-order valence-electron chi connectivity index (χ1n) is 14.1. The molecule has 0 saturated heterocycles. The average Bonchev–Trinajstić information content (AvgIpc) is 2.74. The zero-order valence-corrected chi connectivity index (χ0v) is 32.5. The molecule has 2 unspecified atom stereocenters. The molecule has 0 aromatic heterocycles. The Labute approximate surface area is 285 Å². The van der Waals surface area contributed by atoms with Gasteiger partial charge in [0.05, 0.1) is 37.7 Å². The second-order valence-electron chi connectivity index (χ2n) is 13.4. The van der Waals surface area contributed by atoms with Gasteiger partial charge in [-0.15, -0.1) is 8.42 Å². The van der Waals surface area contributed by atoms with Crippen LogP contribution in [-0.2, 0) is 47.3 Å². The van der Waals surface area contributed by atoms with Gasteiger partial charge < -0.3 is 44.9 Å². The maximum atomic E-state index is 11.8. The Morgan fingerprint density at radius 3 is 1.31 bits per heavy atom. The van der Waals surface area contributed by atoms with Gasteiger partial charge >= 0.3 is 12.2 Å². The van der Waals surface area contributed by atoms with Crippen LogP contribution < -0.4 is 35.4 Å². The molecule has 0 rings (SSSR count). The van der Waals surface area contributed by atoms with Gasteiger partial charge in [0.1, 0.15) is 47.7 Å². The van der Waals surface area contributed by atoms with E-state index in [9.17, 15) is 27.6 Å². The largest absolute Gasteiger partial charge is 1.00 e. The predicted octanol–water partition coefficient (Wildman–Crippen LogP) is -1.35. The number of carbonyl (C=O) groups is 4. The number of ether oxygens (including phenoxy) is 2. The first-order valence-corrected chi connectivity index (χ1v) is 19.2. The lowest BCUT2D eigenvalue weighted by Crippen LogP contribution is -3.00. The summed E-state index contributed by atoms with van der Waals surface area (Å²) in [6, 6.07) is -1.24. The lowest BCUT2D eigenvalue weighted by atomic mass is 10.0. The van der Waals surface area contributed by atoms with Gasteiger partial charge in [-0.1, -0.05) is 6.58 Å². The van der Waals surface area contributed by atoms with Gasteiger partial charge in [-0.3, -0.25) is 14.6 Å². The fourth-order valence-corrected chi connectivity index (χ4v) is 5.73. The molecule has 0 aliphatic rings. The number of alkyl carbamates (subject to hydrolysis) is 2. The van der Waals surface area contributed by atoms with Crippen LogP contribution in [-0.4, -0.2) is 96.3 Å². The van der Waals surface area contributed by atoms with E-state index in [1.54, 1.807) is 73.6 Å². The minimum Gasteiger partial charge on any atom is -1.00 e. The van der Waals surface area contributed by atoms with Crippen molar-refractivity contribution in [3.05, 3.63) is 12.2 Å². The highest BCUT2D eigenvalue weighted by molar-refractivity contribution is 8.02. The van der Waals surface area contributed by atoms with Crippen LogP contribution in [0.4, 0.5) is 9.59 Å². The highest BCUT2D eigenvalue weighted by Gasteiger charge is 2.25. The third-order valence-corrected chi connectivity index (χ3v) is 7.39. The summed E-state index contributed by atoms with van der Waals surface area (Å²) in [5.74, 6) is 0.558. The minimum atomic E-state index is -1.93. The lowest BCUT2D eigenvalue weighted by molar-refractivity contribution is -0.119. The number of rotatable bonds is 14. The molecule has 0 spiro atoms. The van der Waals surface area contributed by atoms with Crippen molar-refractivity contribution >= 4 is 49.3 Å². The molecule has 0 saturated carbocycles. The maximum absolute atomic E-state index is 11.8. The fraction of sp³-hybridized carbons (Fsp3) is 0.767. The molecule has 0 radical (unpaired) electrons. The molecule has 0 aliphatic heterocycles. The van der Waals surface area contributed by atoms with Crippen molar-refractivity contribution < 1.29 is 61.9 Å². The van der Waals surface area contributed by atoms with Crippen molar-refractivity contribution in [2.45, 2.75) is 104 Å². The van der Waals surface area contributed by atoms with E-state index in [0.29, 0.717) is 37.2 Å². The quantitative estimate of drug-likeness (QED) is 0.127. The lowest BCUT2D eigenvalue weighted by Gasteiger charge is -2.22. The van der Waals surface area contributed by atoms with E-state index in [1.807, 2.05) is 0 Å². The zero-order chi connectivity index (χ0) is 34.4. The summed E-state index contributed by atoms with van der Waals surface area (Å²) in [6.45, 7) is 17.3. The highest BCUT2D eigenvalue weighted by atomic mass is 35.5. The third-order valence-electron chi connectivity index (χ3n) is 5.25. The Morgan fingerprint density at radius 2 is 1.04 bits per heavy atom. The van der Waals surface area contributed by atoms with Crippen LogP contribution >= 0.6 is 0 Å². The van der Waals surface area contributed by atoms with E-state index in [0.717, 1.165) is 11.3 Å². The molecule has 2 N–H and O–H groups in total. The van der Waals surface area contributed by atoms with Gasteiger partial charge in [-0.25, -0.2) is 9.59 Å². The Balaban J connectivity index is -0.000000358. The third kappa shape index (κ3) is 31.9. The van der Waals surface area contributed by atoms with Crippen molar-refractivity contribution in [2.75, 3.05) is 43.6 Å². The van der Waals surface area contributed by atoms with Crippen molar-refractivity contribution in [1.82, 2.24) is 10.6 Å². The molecule has 0 bridgehead atoms. The average molecular weight is 723 g/mol. The highest BCUT2D eigenvalue weighted by Crippen LogP contribution is 2.13. The summed E-state index contributed by atoms with van der Waals surface area (Å²) < 4.78 is 33.8. The van der Waals surface area contributed by atoms with Crippen LogP contribution in [0.1, 0.15) is 81.1 Å². The summed E-state index contributed by atoms with van der Waals surface area (Å²) in [7, 11) is -2.17. The van der Waals surface area contributed by atoms with Crippen molar-refractivity contribution in [1.29, 1.82) is 0 Å².